The summed E-state index contributed by atoms with van der Waals surface area (Å²) in [5.41, 5.74) is 0. The van der Waals surface area contributed by atoms with Gasteiger partial charge in [0.25, 0.3) is 0 Å². The van der Waals surface area contributed by atoms with Crippen molar-refractivity contribution in [3.63, 3.8) is 0 Å². The molecule has 1 heterocycles. The molecule has 104 valence electrons. The zero-order chi connectivity index (χ0) is 13.7. The van der Waals surface area contributed by atoms with E-state index in [1.807, 2.05) is 31.2 Å². The molecule has 1 aromatic carbocycles. The summed E-state index contributed by atoms with van der Waals surface area (Å²) in [6.07, 6.45) is 1.93. The van der Waals surface area contributed by atoms with Gasteiger partial charge in [0.05, 0.1) is 17.1 Å². The lowest BCUT2D eigenvalue weighted by Gasteiger charge is -2.18. The highest BCUT2D eigenvalue weighted by molar-refractivity contribution is 9.10. The molecule has 1 saturated heterocycles. The van der Waals surface area contributed by atoms with E-state index in [1.165, 1.54) is 0 Å². The van der Waals surface area contributed by atoms with Crippen LogP contribution in [0.2, 0.25) is 0 Å². The molecule has 2 atom stereocenters. The Hall–Kier alpha value is -1.07. The molecule has 2 N–H and O–H groups in total. The van der Waals surface area contributed by atoms with Crippen LogP contribution in [0.25, 0.3) is 0 Å². The molecule has 1 fully saturated rings. The third-order valence-electron chi connectivity index (χ3n) is 3.11. The van der Waals surface area contributed by atoms with E-state index >= 15 is 0 Å². The number of para-hydroxylation sites is 1. The van der Waals surface area contributed by atoms with Gasteiger partial charge in [-0.2, -0.15) is 0 Å². The molecule has 0 saturated carbocycles. The van der Waals surface area contributed by atoms with Crippen LogP contribution in [-0.4, -0.2) is 31.1 Å². The van der Waals surface area contributed by atoms with E-state index in [-0.39, 0.29) is 18.1 Å². The summed E-state index contributed by atoms with van der Waals surface area (Å²) in [6, 6.07) is 7.67. The summed E-state index contributed by atoms with van der Waals surface area (Å²) >= 11 is 3.44. The van der Waals surface area contributed by atoms with Crippen molar-refractivity contribution in [2.75, 3.05) is 13.1 Å². The highest BCUT2D eigenvalue weighted by atomic mass is 79.9. The predicted octanol–water partition coefficient (Wildman–Crippen LogP) is 2.08. The minimum Gasteiger partial charge on any atom is -0.488 e. The summed E-state index contributed by atoms with van der Waals surface area (Å²) < 4.78 is 6.70. The Labute approximate surface area is 122 Å². The molecule has 0 bridgehead atoms. The lowest BCUT2D eigenvalue weighted by molar-refractivity contribution is -0.123. The van der Waals surface area contributed by atoms with E-state index in [9.17, 15) is 4.79 Å². The smallest absolute Gasteiger partial charge is 0.237 e. The van der Waals surface area contributed by atoms with Gasteiger partial charge in [-0.15, -0.1) is 0 Å². The number of halogens is 1. The zero-order valence-corrected chi connectivity index (χ0v) is 12.6. The van der Waals surface area contributed by atoms with Crippen molar-refractivity contribution in [2.45, 2.75) is 31.9 Å². The second-order valence-electron chi connectivity index (χ2n) is 4.75. The first-order valence-corrected chi connectivity index (χ1v) is 7.38. The average molecular weight is 327 g/mol. The van der Waals surface area contributed by atoms with E-state index < -0.39 is 0 Å². The van der Waals surface area contributed by atoms with Gasteiger partial charge in [0.15, 0.2) is 0 Å². The maximum absolute atomic E-state index is 11.8. The molecule has 0 spiro atoms. The summed E-state index contributed by atoms with van der Waals surface area (Å²) in [7, 11) is 0. The number of carbonyl (C=O) groups excluding carboxylic acids is 1. The molecule has 5 heteroatoms. The average Bonchev–Trinajstić information content (AvgIpc) is 2.93. The summed E-state index contributed by atoms with van der Waals surface area (Å²) in [6.45, 7) is 3.39. The summed E-state index contributed by atoms with van der Waals surface area (Å²) in [5, 5.41) is 6.10. The molecule has 4 nitrogen and oxygen atoms in total. The molecule has 2 rings (SSSR count). The predicted molar refractivity (Wildman–Crippen MR) is 78.3 cm³/mol. The van der Waals surface area contributed by atoms with Crippen LogP contribution in [-0.2, 0) is 4.79 Å². The molecule has 1 aromatic rings. The Morgan fingerprint density at radius 1 is 1.58 bits per heavy atom. The Bertz CT molecular complexity index is 433. The highest BCUT2D eigenvalue weighted by Gasteiger charge is 2.22. The molecule has 0 radical (unpaired) electrons. The van der Waals surface area contributed by atoms with Crippen molar-refractivity contribution in [3.05, 3.63) is 28.7 Å². The fourth-order valence-corrected chi connectivity index (χ4v) is 2.45. The molecule has 19 heavy (non-hydrogen) atoms. The van der Waals surface area contributed by atoms with Crippen LogP contribution in [0.3, 0.4) is 0 Å². The summed E-state index contributed by atoms with van der Waals surface area (Å²) in [5.74, 6) is 0.864. The van der Waals surface area contributed by atoms with Crippen LogP contribution in [0.1, 0.15) is 19.8 Å². The normalized spacial score (nSPS) is 20.0. The van der Waals surface area contributed by atoms with Gasteiger partial charge in [0.2, 0.25) is 5.91 Å². The third kappa shape index (κ3) is 4.21. The standard InChI is InChI=1S/C14H19BrN2O2/c1-10(19-13-7-3-2-5-11(13)15)9-17-14(18)12-6-4-8-16-12/h2-3,5,7,10,12,16H,4,6,8-9H2,1H3,(H,17,18)/t10-,12+/m0/s1. The largest absolute Gasteiger partial charge is 0.488 e. The molecule has 1 aliphatic rings. The number of nitrogens with one attached hydrogen (secondary N) is 2. The molecule has 1 amide bonds. The number of ether oxygens (including phenoxy) is 1. The molecular formula is C14H19BrN2O2. The number of amides is 1. The van der Waals surface area contributed by atoms with Crippen LogP contribution in [0.15, 0.2) is 28.7 Å². The first kappa shape index (κ1) is 14.3. The van der Waals surface area contributed by atoms with E-state index in [0.29, 0.717) is 6.54 Å². The molecule has 0 unspecified atom stereocenters. The Morgan fingerprint density at radius 2 is 2.37 bits per heavy atom. The van der Waals surface area contributed by atoms with Crippen molar-refractivity contribution < 1.29 is 9.53 Å². The van der Waals surface area contributed by atoms with Gasteiger partial charge in [0, 0.05) is 0 Å². The first-order chi connectivity index (χ1) is 9.16. The van der Waals surface area contributed by atoms with Crippen molar-refractivity contribution in [1.82, 2.24) is 10.6 Å². The highest BCUT2D eigenvalue weighted by Crippen LogP contribution is 2.24. The second kappa shape index (κ2) is 6.91. The van der Waals surface area contributed by atoms with Crippen LogP contribution in [0.4, 0.5) is 0 Å². The van der Waals surface area contributed by atoms with Gasteiger partial charge in [-0.05, 0) is 54.4 Å². The number of hydrogen-bond donors (Lipinski definition) is 2. The molecule has 1 aliphatic heterocycles. The van der Waals surface area contributed by atoms with Crippen molar-refractivity contribution in [1.29, 1.82) is 0 Å². The topological polar surface area (TPSA) is 50.4 Å². The monoisotopic (exact) mass is 326 g/mol. The number of rotatable bonds is 5. The molecule has 0 aliphatic carbocycles. The minimum absolute atomic E-state index is 0.0318. The SMILES string of the molecule is C[C@@H](CNC(=O)[C@H]1CCCN1)Oc1ccccc1Br. The van der Waals surface area contributed by atoms with Gasteiger partial charge < -0.3 is 15.4 Å². The van der Waals surface area contributed by atoms with Crippen LogP contribution in [0.5, 0.6) is 5.75 Å². The van der Waals surface area contributed by atoms with E-state index in [0.717, 1.165) is 29.6 Å². The van der Waals surface area contributed by atoms with Crippen LogP contribution in [0, 0.1) is 0 Å². The maximum Gasteiger partial charge on any atom is 0.237 e. The van der Waals surface area contributed by atoms with Crippen molar-refractivity contribution >= 4 is 21.8 Å². The quantitative estimate of drug-likeness (QED) is 0.871. The Morgan fingerprint density at radius 3 is 3.05 bits per heavy atom. The van der Waals surface area contributed by atoms with Gasteiger partial charge in [-0.1, -0.05) is 12.1 Å². The third-order valence-corrected chi connectivity index (χ3v) is 3.76. The minimum atomic E-state index is -0.0657. The van der Waals surface area contributed by atoms with Gasteiger partial charge in [-0.3, -0.25) is 4.79 Å². The summed E-state index contributed by atoms with van der Waals surface area (Å²) in [4.78, 5) is 11.8. The molecular weight excluding hydrogens is 308 g/mol. The van der Waals surface area contributed by atoms with E-state index in [1.54, 1.807) is 0 Å². The lowest BCUT2D eigenvalue weighted by atomic mass is 10.2. The van der Waals surface area contributed by atoms with Crippen LogP contribution >= 0.6 is 15.9 Å². The van der Waals surface area contributed by atoms with E-state index in [4.69, 9.17) is 4.74 Å². The van der Waals surface area contributed by atoms with E-state index in [2.05, 4.69) is 26.6 Å². The second-order valence-corrected chi connectivity index (χ2v) is 5.61. The van der Waals surface area contributed by atoms with Gasteiger partial charge in [0.1, 0.15) is 11.9 Å². The van der Waals surface area contributed by atoms with Gasteiger partial charge in [-0.25, -0.2) is 0 Å². The maximum atomic E-state index is 11.8. The zero-order valence-electron chi connectivity index (χ0n) is 11.0. The first-order valence-electron chi connectivity index (χ1n) is 6.59. The number of carbonyl (C=O) groups is 1. The fourth-order valence-electron chi connectivity index (χ4n) is 2.07. The Kier molecular flexibility index (Phi) is 5.22. The fraction of sp³-hybridized carbons (Fsp3) is 0.500. The molecule has 0 aromatic heterocycles. The number of benzene rings is 1. The van der Waals surface area contributed by atoms with Crippen LogP contribution < -0.4 is 15.4 Å². The van der Waals surface area contributed by atoms with Crippen molar-refractivity contribution in [2.24, 2.45) is 0 Å². The Balaban J connectivity index is 1.76. The van der Waals surface area contributed by atoms with Gasteiger partial charge >= 0.3 is 0 Å². The lowest BCUT2D eigenvalue weighted by Crippen LogP contribution is -2.43. The number of hydrogen-bond acceptors (Lipinski definition) is 3. The van der Waals surface area contributed by atoms with Crippen molar-refractivity contribution in [3.8, 4) is 5.75 Å².